The van der Waals surface area contributed by atoms with Gasteiger partial charge in [0.1, 0.15) is 11.6 Å². The van der Waals surface area contributed by atoms with E-state index in [1.54, 1.807) is 0 Å². The van der Waals surface area contributed by atoms with Crippen LogP contribution in [-0.2, 0) is 19.6 Å². The second-order valence-corrected chi connectivity index (χ2v) is 7.42. The smallest absolute Gasteiger partial charge is 0.341 e. The van der Waals surface area contributed by atoms with E-state index in [0.29, 0.717) is 0 Å². The molecule has 11 heteroatoms. The maximum absolute atomic E-state index is 13.8. The molecule has 27 heavy (non-hydrogen) atoms. The van der Waals surface area contributed by atoms with Gasteiger partial charge in [-0.05, 0) is 43.4 Å². The Labute approximate surface area is 158 Å². The van der Waals surface area contributed by atoms with Gasteiger partial charge < -0.3 is 10.1 Å². The van der Waals surface area contributed by atoms with Crippen molar-refractivity contribution >= 4 is 39.2 Å². The van der Waals surface area contributed by atoms with Crippen molar-refractivity contribution in [1.82, 2.24) is 4.72 Å². The second-order valence-electron chi connectivity index (χ2n) is 5.10. The highest BCUT2D eigenvalue weighted by atomic mass is 35.5. The molecule has 0 aromatic heterocycles. The third kappa shape index (κ3) is 5.22. The first-order valence-corrected chi connectivity index (χ1v) is 9.15. The number of halogens is 3. The van der Waals surface area contributed by atoms with Crippen molar-refractivity contribution in [3.63, 3.8) is 0 Å². The van der Waals surface area contributed by atoms with E-state index in [9.17, 15) is 26.8 Å². The molecule has 7 nitrogen and oxygen atoms in total. The Kier molecular flexibility index (Phi) is 6.47. The Bertz CT molecular complexity index is 998. The summed E-state index contributed by atoms with van der Waals surface area (Å²) >= 11 is 5.69. The average Bonchev–Trinajstić information content (AvgIpc) is 2.63. The number of sulfonamides is 1. The van der Waals surface area contributed by atoms with Gasteiger partial charge in [0.05, 0.1) is 16.1 Å². The molecule has 2 aromatic rings. The van der Waals surface area contributed by atoms with Crippen LogP contribution in [0.25, 0.3) is 0 Å². The molecule has 0 spiro atoms. The van der Waals surface area contributed by atoms with E-state index in [2.05, 4.69) is 10.1 Å². The summed E-state index contributed by atoms with van der Waals surface area (Å²) in [5.41, 5.74) is -0.898. The molecule has 2 N–H and O–H groups in total. The third-order valence-corrected chi connectivity index (χ3v) is 4.92. The number of amides is 1. The summed E-state index contributed by atoms with van der Waals surface area (Å²) in [4.78, 5) is 23.4. The molecule has 0 bridgehead atoms. The number of carbonyl (C=O) groups is 2. The molecular weight excluding hydrogens is 406 g/mol. The van der Waals surface area contributed by atoms with Crippen LogP contribution in [0.15, 0.2) is 41.3 Å². The summed E-state index contributed by atoms with van der Waals surface area (Å²) in [7, 11) is -2.76. The lowest BCUT2D eigenvalue weighted by molar-refractivity contribution is -0.119. The minimum atomic E-state index is -3.91. The SMILES string of the molecule is CNS(=O)(=O)c1ccc(F)c(C(=O)OCC(=O)Nc2cc(Cl)ccc2F)c1. The van der Waals surface area contributed by atoms with Crippen molar-refractivity contribution in [2.45, 2.75) is 4.90 Å². The van der Waals surface area contributed by atoms with Crippen LogP contribution in [0.4, 0.5) is 14.5 Å². The normalized spacial score (nSPS) is 11.1. The number of ether oxygens (including phenoxy) is 1. The first kappa shape index (κ1) is 20.7. The molecule has 0 aliphatic heterocycles. The van der Waals surface area contributed by atoms with Crippen LogP contribution in [-0.4, -0.2) is 33.9 Å². The van der Waals surface area contributed by atoms with Gasteiger partial charge in [0.25, 0.3) is 5.91 Å². The highest BCUT2D eigenvalue weighted by molar-refractivity contribution is 7.89. The second kappa shape index (κ2) is 8.42. The predicted octanol–water partition coefficient (Wildman–Crippen LogP) is 2.32. The van der Waals surface area contributed by atoms with Gasteiger partial charge in [0, 0.05) is 5.02 Å². The van der Waals surface area contributed by atoms with E-state index in [1.165, 1.54) is 6.07 Å². The zero-order chi connectivity index (χ0) is 20.2. The molecule has 0 atom stereocenters. The standard InChI is InChI=1S/C16H13ClF2N2O5S/c1-20-27(24,25)10-3-5-12(18)11(7-10)16(23)26-8-15(22)21-14-6-9(17)2-4-13(14)19/h2-7,20H,8H2,1H3,(H,21,22). The molecule has 1 amide bonds. The highest BCUT2D eigenvalue weighted by Crippen LogP contribution is 2.20. The quantitative estimate of drug-likeness (QED) is 0.701. The Hall–Kier alpha value is -2.56. The van der Waals surface area contributed by atoms with Crippen molar-refractivity contribution in [1.29, 1.82) is 0 Å². The molecule has 0 saturated heterocycles. The zero-order valence-electron chi connectivity index (χ0n) is 13.8. The zero-order valence-corrected chi connectivity index (χ0v) is 15.3. The maximum atomic E-state index is 13.8. The maximum Gasteiger partial charge on any atom is 0.341 e. The van der Waals surface area contributed by atoms with Crippen LogP contribution in [0, 0.1) is 11.6 Å². The van der Waals surface area contributed by atoms with Gasteiger partial charge >= 0.3 is 5.97 Å². The van der Waals surface area contributed by atoms with Gasteiger partial charge in [-0.3, -0.25) is 4.79 Å². The molecule has 2 rings (SSSR count). The first-order valence-electron chi connectivity index (χ1n) is 7.29. The molecule has 144 valence electrons. The van der Waals surface area contributed by atoms with E-state index >= 15 is 0 Å². The average molecular weight is 419 g/mol. The number of hydrogen-bond acceptors (Lipinski definition) is 5. The van der Waals surface area contributed by atoms with E-state index in [0.717, 1.165) is 37.4 Å². The van der Waals surface area contributed by atoms with E-state index in [1.807, 2.05) is 4.72 Å². The minimum absolute atomic E-state index is 0.174. The largest absolute Gasteiger partial charge is 0.452 e. The fraction of sp³-hybridized carbons (Fsp3) is 0.125. The molecule has 2 aromatic carbocycles. The molecule has 0 unspecified atom stereocenters. The van der Waals surface area contributed by atoms with Gasteiger partial charge in [-0.2, -0.15) is 0 Å². The molecule has 0 fully saturated rings. The third-order valence-electron chi connectivity index (χ3n) is 3.27. The van der Waals surface area contributed by atoms with Gasteiger partial charge in [-0.1, -0.05) is 11.6 Å². The summed E-state index contributed by atoms with van der Waals surface area (Å²) in [6, 6.07) is 5.99. The topological polar surface area (TPSA) is 102 Å². The van der Waals surface area contributed by atoms with Crippen LogP contribution in [0.2, 0.25) is 5.02 Å². The Balaban J connectivity index is 2.08. The Morgan fingerprint density at radius 2 is 1.78 bits per heavy atom. The lowest BCUT2D eigenvalue weighted by Gasteiger charge is -2.09. The van der Waals surface area contributed by atoms with Crippen molar-refractivity contribution in [3.8, 4) is 0 Å². The van der Waals surface area contributed by atoms with Crippen LogP contribution >= 0.6 is 11.6 Å². The monoisotopic (exact) mass is 418 g/mol. The summed E-state index contributed by atoms with van der Waals surface area (Å²) in [5, 5.41) is 2.32. The van der Waals surface area contributed by atoms with Gasteiger partial charge in [-0.25, -0.2) is 26.7 Å². The van der Waals surface area contributed by atoms with Crippen LogP contribution in [0.3, 0.4) is 0 Å². The Morgan fingerprint density at radius 1 is 1.11 bits per heavy atom. The fourth-order valence-electron chi connectivity index (χ4n) is 1.93. The summed E-state index contributed by atoms with van der Waals surface area (Å²) in [5.74, 6) is -3.95. The number of benzene rings is 2. The van der Waals surface area contributed by atoms with Crippen molar-refractivity contribution in [2.24, 2.45) is 0 Å². The minimum Gasteiger partial charge on any atom is -0.452 e. The lowest BCUT2D eigenvalue weighted by Crippen LogP contribution is -2.22. The summed E-state index contributed by atoms with van der Waals surface area (Å²) in [6.45, 7) is -0.854. The van der Waals surface area contributed by atoms with Crippen molar-refractivity contribution in [3.05, 3.63) is 58.6 Å². The number of nitrogens with one attached hydrogen (secondary N) is 2. The predicted molar refractivity (Wildman–Crippen MR) is 93.0 cm³/mol. The number of anilines is 1. The van der Waals surface area contributed by atoms with Crippen molar-refractivity contribution in [2.75, 3.05) is 19.0 Å². The first-order chi connectivity index (χ1) is 12.6. The summed E-state index contributed by atoms with van der Waals surface area (Å²) < 4.78 is 57.5. The van der Waals surface area contributed by atoms with E-state index in [-0.39, 0.29) is 15.6 Å². The van der Waals surface area contributed by atoms with Gasteiger partial charge in [0.15, 0.2) is 6.61 Å². The summed E-state index contributed by atoms with van der Waals surface area (Å²) in [6.07, 6.45) is 0. The molecule has 0 heterocycles. The molecule has 0 saturated carbocycles. The number of rotatable bonds is 6. The van der Waals surface area contributed by atoms with Crippen LogP contribution in [0.5, 0.6) is 0 Å². The molecular formula is C16H13ClF2N2O5S. The number of esters is 1. The number of carbonyl (C=O) groups excluding carboxylic acids is 2. The lowest BCUT2D eigenvalue weighted by atomic mass is 10.2. The molecule has 0 aliphatic rings. The van der Waals surface area contributed by atoms with Crippen LogP contribution < -0.4 is 10.0 Å². The molecule has 0 aliphatic carbocycles. The van der Waals surface area contributed by atoms with Crippen LogP contribution in [0.1, 0.15) is 10.4 Å². The van der Waals surface area contributed by atoms with E-state index in [4.69, 9.17) is 11.6 Å². The number of hydrogen-bond donors (Lipinski definition) is 2. The molecule has 0 radical (unpaired) electrons. The van der Waals surface area contributed by atoms with E-state index < -0.39 is 45.7 Å². The fourth-order valence-corrected chi connectivity index (χ4v) is 2.86. The Morgan fingerprint density at radius 3 is 2.44 bits per heavy atom. The van der Waals surface area contributed by atoms with Gasteiger partial charge in [-0.15, -0.1) is 0 Å². The highest BCUT2D eigenvalue weighted by Gasteiger charge is 2.20. The van der Waals surface area contributed by atoms with Crippen molar-refractivity contribution < 1.29 is 31.5 Å². The van der Waals surface area contributed by atoms with Gasteiger partial charge in [0.2, 0.25) is 10.0 Å².